The van der Waals surface area contributed by atoms with Crippen LogP contribution in [0, 0.1) is 0 Å². The molecule has 8 nitrogen and oxygen atoms in total. The largest absolute Gasteiger partial charge is 0.495 e. The van der Waals surface area contributed by atoms with Crippen LogP contribution in [0.3, 0.4) is 0 Å². The molecular weight excluding hydrogens is 404 g/mol. The van der Waals surface area contributed by atoms with Gasteiger partial charge >= 0.3 is 0 Å². The van der Waals surface area contributed by atoms with Gasteiger partial charge < -0.3 is 4.74 Å². The van der Waals surface area contributed by atoms with Crippen LogP contribution >= 0.6 is 0 Å². The third-order valence-electron chi connectivity index (χ3n) is 4.36. The van der Waals surface area contributed by atoms with Gasteiger partial charge in [-0.2, -0.15) is 0 Å². The Morgan fingerprint density at radius 2 is 1.82 bits per heavy atom. The van der Waals surface area contributed by atoms with Crippen LogP contribution in [-0.4, -0.2) is 42.2 Å². The maximum atomic E-state index is 13.3. The number of methoxy groups -OCH3 is 1. The number of ether oxygens (including phenoxy) is 1. The van der Waals surface area contributed by atoms with Crippen LogP contribution in [0.25, 0.3) is 0 Å². The molecule has 28 heavy (non-hydrogen) atoms. The Hall–Kier alpha value is -2.59. The molecule has 1 fully saturated rings. The topological polar surface area (TPSA) is 101 Å². The van der Waals surface area contributed by atoms with Crippen molar-refractivity contribution in [2.75, 3.05) is 28.0 Å². The summed E-state index contributed by atoms with van der Waals surface area (Å²) in [5.41, 5.74) is 0.438. The van der Waals surface area contributed by atoms with Gasteiger partial charge in [0.2, 0.25) is 15.9 Å². The van der Waals surface area contributed by atoms with E-state index in [-0.39, 0.29) is 35.1 Å². The Kier molecular flexibility index (Phi) is 5.35. The van der Waals surface area contributed by atoms with Gasteiger partial charge in [-0.25, -0.2) is 21.1 Å². The first kappa shape index (κ1) is 20.2. The summed E-state index contributed by atoms with van der Waals surface area (Å²) in [4.78, 5) is 11.9. The lowest BCUT2D eigenvalue weighted by Crippen LogP contribution is -2.32. The number of sulfonamides is 2. The molecule has 1 aliphatic rings. The second-order valence-corrected chi connectivity index (χ2v) is 9.83. The number of rotatable bonds is 6. The van der Waals surface area contributed by atoms with E-state index in [9.17, 15) is 21.6 Å². The molecule has 1 amide bonds. The number of anilines is 2. The van der Waals surface area contributed by atoms with Crippen LogP contribution in [0.4, 0.5) is 11.4 Å². The lowest BCUT2D eigenvalue weighted by atomic mass is 10.3. The van der Waals surface area contributed by atoms with Crippen LogP contribution in [-0.2, 0) is 24.8 Å². The van der Waals surface area contributed by atoms with E-state index in [1.165, 1.54) is 29.6 Å². The molecule has 0 radical (unpaired) electrons. The van der Waals surface area contributed by atoms with Gasteiger partial charge in [-0.15, -0.1) is 0 Å². The predicted molar refractivity (Wildman–Crippen MR) is 106 cm³/mol. The molecule has 150 valence electrons. The van der Waals surface area contributed by atoms with Crippen molar-refractivity contribution in [3.63, 3.8) is 0 Å². The van der Waals surface area contributed by atoms with Gasteiger partial charge in [-0.3, -0.25) is 9.10 Å². The van der Waals surface area contributed by atoms with E-state index in [0.29, 0.717) is 9.99 Å². The molecule has 2 aromatic carbocycles. The highest BCUT2D eigenvalue weighted by molar-refractivity contribution is 7.94. The third-order valence-corrected chi connectivity index (χ3v) is 7.97. The fraction of sp³-hybridized carbons (Fsp3) is 0.278. The molecule has 1 aliphatic heterocycles. The predicted octanol–water partition coefficient (Wildman–Crippen LogP) is 1.98. The molecule has 0 unspecified atom stereocenters. The molecule has 1 saturated heterocycles. The Bertz CT molecular complexity index is 1100. The highest BCUT2D eigenvalue weighted by Gasteiger charge is 2.37. The number of amides is 1. The Morgan fingerprint density at radius 1 is 1.14 bits per heavy atom. The van der Waals surface area contributed by atoms with E-state index in [1.807, 2.05) is 0 Å². The van der Waals surface area contributed by atoms with Crippen molar-refractivity contribution in [2.45, 2.75) is 18.2 Å². The second-order valence-electron chi connectivity index (χ2n) is 6.06. The van der Waals surface area contributed by atoms with Gasteiger partial charge in [-0.05, 0) is 37.3 Å². The number of carbonyl (C=O) groups is 1. The summed E-state index contributed by atoms with van der Waals surface area (Å²) in [6, 6.07) is 12.4. The van der Waals surface area contributed by atoms with Crippen LogP contribution < -0.4 is 13.3 Å². The zero-order valence-corrected chi connectivity index (χ0v) is 17.0. The van der Waals surface area contributed by atoms with Gasteiger partial charge in [0, 0.05) is 13.0 Å². The average molecular weight is 425 g/mol. The van der Waals surface area contributed by atoms with Crippen molar-refractivity contribution >= 4 is 37.3 Å². The molecule has 0 atom stereocenters. The van der Waals surface area contributed by atoms with E-state index in [0.717, 1.165) is 0 Å². The van der Waals surface area contributed by atoms with Crippen molar-refractivity contribution in [3.05, 3.63) is 48.5 Å². The van der Waals surface area contributed by atoms with Crippen molar-refractivity contribution in [1.82, 2.24) is 0 Å². The van der Waals surface area contributed by atoms with Crippen LogP contribution in [0.15, 0.2) is 53.4 Å². The van der Waals surface area contributed by atoms with Crippen LogP contribution in [0.1, 0.15) is 13.3 Å². The summed E-state index contributed by atoms with van der Waals surface area (Å²) in [6.45, 7) is 1.84. The van der Waals surface area contributed by atoms with E-state index in [2.05, 4.69) is 0 Å². The minimum atomic E-state index is -4.08. The minimum Gasteiger partial charge on any atom is -0.495 e. The van der Waals surface area contributed by atoms with Crippen molar-refractivity contribution in [2.24, 2.45) is 0 Å². The first-order valence-electron chi connectivity index (χ1n) is 8.54. The molecule has 10 heteroatoms. The molecule has 0 saturated carbocycles. The smallest absolute Gasteiger partial charge is 0.268 e. The maximum Gasteiger partial charge on any atom is 0.268 e. The summed E-state index contributed by atoms with van der Waals surface area (Å²) in [5.74, 6) is -0.837. The standard InChI is InChI=1S/C18H20N2O6S2/c1-3-19(14-7-5-4-6-8-14)28(24,25)17-13-15(9-10-16(17)26-2)20-18(21)11-12-27(20,22)23/h4-10,13H,3,11-12H2,1-2H3. The number of para-hydroxylation sites is 1. The highest BCUT2D eigenvalue weighted by Crippen LogP contribution is 2.35. The molecule has 1 heterocycles. The molecular formula is C18H20N2O6S2. The molecule has 2 aromatic rings. The number of benzene rings is 2. The van der Waals surface area contributed by atoms with Crippen LogP contribution in [0.5, 0.6) is 5.75 Å². The average Bonchev–Trinajstić information content (AvgIpc) is 2.95. The zero-order valence-electron chi connectivity index (χ0n) is 15.4. The van der Waals surface area contributed by atoms with Crippen molar-refractivity contribution in [1.29, 1.82) is 0 Å². The van der Waals surface area contributed by atoms with E-state index < -0.39 is 26.0 Å². The number of carbonyl (C=O) groups excluding carboxylic acids is 1. The molecule has 0 bridgehead atoms. The molecule has 0 aliphatic carbocycles. The molecule has 0 aromatic heterocycles. The number of hydrogen-bond donors (Lipinski definition) is 0. The zero-order chi connectivity index (χ0) is 20.5. The van der Waals surface area contributed by atoms with E-state index in [4.69, 9.17) is 4.74 Å². The first-order chi connectivity index (χ1) is 13.2. The van der Waals surface area contributed by atoms with Gasteiger partial charge in [-0.1, -0.05) is 18.2 Å². The maximum absolute atomic E-state index is 13.3. The highest BCUT2D eigenvalue weighted by atomic mass is 32.2. The SMILES string of the molecule is CCN(c1ccccc1)S(=O)(=O)c1cc(N2C(=O)CCS2(=O)=O)ccc1OC. The number of hydrogen-bond acceptors (Lipinski definition) is 6. The first-order valence-corrected chi connectivity index (χ1v) is 11.6. The van der Waals surface area contributed by atoms with Crippen molar-refractivity contribution in [3.8, 4) is 5.75 Å². The van der Waals surface area contributed by atoms with E-state index in [1.54, 1.807) is 37.3 Å². The van der Waals surface area contributed by atoms with Gasteiger partial charge in [0.15, 0.2) is 0 Å². The Labute approximate surface area is 164 Å². The minimum absolute atomic E-state index is 0.0222. The lowest BCUT2D eigenvalue weighted by molar-refractivity contribution is -0.116. The molecule has 0 N–H and O–H groups in total. The third kappa shape index (κ3) is 3.45. The van der Waals surface area contributed by atoms with Gasteiger partial charge in [0.25, 0.3) is 10.0 Å². The van der Waals surface area contributed by atoms with Crippen molar-refractivity contribution < 1.29 is 26.4 Å². The fourth-order valence-corrected chi connectivity index (χ4v) is 6.17. The van der Waals surface area contributed by atoms with Gasteiger partial charge in [0.1, 0.15) is 10.6 Å². The quantitative estimate of drug-likeness (QED) is 0.703. The second kappa shape index (κ2) is 7.44. The van der Waals surface area contributed by atoms with Gasteiger partial charge in [0.05, 0.1) is 24.2 Å². The van der Waals surface area contributed by atoms with E-state index >= 15 is 0 Å². The lowest BCUT2D eigenvalue weighted by Gasteiger charge is -2.25. The summed E-state index contributed by atoms with van der Waals surface area (Å²) in [6.07, 6.45) is -0.137. The Balaban J connectivity index is 2.16. The normalized spacial score (nSPS) is 16.2. The van der Waals surface area contributed by atoms with Crippen LogP contribution in [0.2, 0.25) is 0 Å². The summed E-state index contributed by atoms with van der Waals surface area (Å²) in [7, 11) is -6.57. The Morgan fingerprint density at radius 3 is 2.36 bits per heavy atom. The monoisotopic (exact) mass is 424 g/mol. The summed E-state index contributed by atoms with van der Waals surface area (Å²) < 4.78 is 58.2. The fourth-order valence-electron chi connectivity index (χ4n) is 3.07. The molecule has 3 rings (SSSR count). The number of nitrogens with zero attached hydrogens (tertiary/aromatic N) is 2. The summed E-state index contributed by atoms with van der Waals surface area (Å²) in [5, 5.41) is 0. The summed E-state index contributed by atoms with van der Waals surface area (Å²) >= 11 is 0. The molecule has 0 spiro atoms.